The summed E-state index contributed by atoms with van der Waals surface area (Å²) in [6.07, 6.45) is 5.03. The predicted octanol–water partition coefficient (Wildman–Crippen LogP) is 3.63. The van der Waals surface area contributed by atoms with E-state index in [1.165, 1.54) is 0 Å². The molecule has 6 nitrogen and oxygen atoms in total. The standard InChI is InChI=1S/C18H24N4O2/c1-18(2,3)17(23)19-14-9-5-4-8-13(14)15-12-22(21-20-15)16-10-6-7-11-24-16/h4-5,8-9,12,16H,6-7,10-11H2,1-3H3,(H,19,23)/t16-/m1/s1. The van der Waals surface area contributed by atoms with Crippen LogP contribution in [0, 0.1) is 5.41 Å². The van der Waals surface area contributed by atoms with Gasteiger partial charge in [0.1, 0.15) is 5.69 Å². The van der Waals surface area contributed by atoms with Gasteiger partial charge >= 0.3 is 0 Å². The van der Waals surface area contributed by atoms with E-state index in [0.29, 0.717) is 0 Å². The molecule has 0 spiro atoms. The molecule has 0 bridgehead atoms. The van der Waals surface area contributed by atoms with Crippen molar-refractivity contribution < 1.29 is 9.53 Å². The summed E-state index contributed by atoms with van der Waals surface area (Å²) in [5.41, 5.74) is 1.88. The molecule has 1 aliphatic rings. The smallest absolute Gasteiger partial charge is 0.229 e. The molecule has 0 aliphatic carbocycles. The Morgan fingerprint density at radius 1 is 1.29 bits per heavy atom. The van der Waals surface area contributed by atoms with E-state index in [1.807, 2.05) is 51.2 Å². The minimum Gasteiger partial charge on any atom is -0.356 e. The summed E-state index contributed by atoms with van der Waals surface area (Å²) >= 11 is 0. The van der Waals surface area contributed by atoms with Gasteiger partial charge in [-0.15, -0.1) is 5.10 Å². The van der Waals surface area contributed by atoms with Gasteiger partial charge in [-0.2, -0.15) is 0 Å². The molecule has 1 aliphatic heterocycles. The number of carbonyl (C=O) groups is 1. The van der Waals surface area contributed by atoms with Crippen LogP contribution in [-0.2, 0) is 9.53 Å². The molecule has 24 heavy (non-hydrogen) atoms. The molecule has 6 heteroatoms. The van der Waals surface area contributed by atoms with Crippen LogP contribution in [0.5, 0.6) is 0 Å². The van der Waals surface area contributed by atoms with Crippen molar-refractivity contribution in [1.82, 2.24) is 15.0 Å². The number of carbonyl (C=O) groups excluding carboxylic acids is 1. The van der Waals surface area contributed by atoms with Gasteiger partial charge in [0, 0.05) is 17.6 Å². The first-order valence-corrected chi connectivity index (χ1v) is 8.39. The van der Waals surface area contributed by atoms with Crippen molar-refractivity contribution in [3.8, 4) is 11.3 Å². The fraction of sp³-hybridized carbons (Fsp3) is 0.500. The molecular weight excluding hydrogens is 304 g/mol. The number of nitrogens with zero attached hydrogens (tertiary/aromatic N) is 3. The maximum atomic E-state index is 12.3. The number of para-hydroxylation sites is 1. The monoisotopic (exact) mass is 328 g/mol. The number of aromatic nitrogens is 3. The van der Waals surface area contributed by atoms with E-state index >= 15 is 0 Å². The van der Waals surface area contributed by atoms with Gasteiger partial charge in [-0.3, -0.25) is 4.79 Å². The molecule has 1 fully saturated rings. The van der Waals surface area contributed by atoms with Crippen LogP contribution in [0.2, 0.25) is 0 Å². The summed E-state index contributed by atoms with van der Waals surface area (Å²) in [4.78, 5) is 12.3. The molecule has 1 saturated heterocycles. The van der Waals surface area contributed by atoms with E-state index in [4.69, 9.17) is 4.74 Å². The molecular formula is C18H24N4O2. The van der Waals surface area contributed by atoms with Crippen molar-refractivity contribution in [3.05, 3.63) is 30.5 Å². The Balaban J connectivity index is 1.85. The molecule has 0 saturated carbocycles. The fourth-order valence-corrected chi connectivity index (χ4v) is 2.60. The van der Waals surface area contributed by atoms with Crippen molar-refractivity contribution in [2.75, 3.05) is 11.9 Å². The third-order valence-electron chi connectivity index (χ3n) is 4.09. The average molecular weight is 328 g/mol. The predicted molar refractivity (Wildman–Crippen MR) is 92.4 cm³/mol. The average Bonchev–Trinajstić information content (AvgIpc) is 3.05. The second-order valence-electron chi connectivity index (χ2n) is 7.15. The molecule has 1 N–H and O–H groups in total. The van der Waals surface area contributed by atoms with Gasteiger partial charge in [-0.1, -0.05) is 44.2 Å². The van der Waals surface area contributed by atoms with Gasteiger partial charge in [0.2, 0.25) is 5.91 Å². The Bertz CT molecular complexity index is 712. The number of amides is 1. The molecule has 3 rings (SSSR count). The highest BCUT2D eigenvalue weighted by molar-refractivity contribution is 5.97. The summed E-state index contributed by atoms with van der Waals surface area (Å²) in [5.74, 6) is -0.0297. The first kappa shape index (κ1) is 16.6. The topological polar surface area (TPSA) is 69.0 Å². The van der Waals surface area contributed by atoms with E-state index in [1.54, 1.807) is 4.68 Å². The Morgan fingerprint density at radius 2 is 2.08 bits per heavy atom. The highest BCUT2D eigenvalue weighted by atomic mass is 16.5. The quantitative estimate of drug-likeness (QED) is 0.934. The summed E-state index contributed by atoms with van der Waals surface area (Å²) in [6.45, 7) is 6.43. The molecule has 2 aromatic rings. The SMILES string of the molecule is CC(C)(C)C(=O)Nc1ccccc1-c1cn([C@H]2CCCCO2)nn1. The molecule has 0 unspecified atom stereocenters. The fourth-order valence-electron chi connectivity index (χ4n) is 2.60. The minimum atomic E-state index is -0.458. The first-order valence-electron chi connectivity index (χ1n) is 8.39. The van der Waals surface area contributed by atoms with E-state index in [2.05, 4.69) is 15.6 Å². The third kappa shape index (κ3) is 3.64. The first-order chi connectivity index (χ1) is 11.4. The van der Waals surface area contributed by atoms with Crippen LogP contribution in [0.3, 0.4) is 0 Å². The maximum absolute atomic E-state index is 12.3. The Kier molecular flexibility index (Phi) is 4.66. The van der Waals surface area contributed by atoms with Crippen molar-refractivity contribution in [1.29, 1.82) is 0 Å². The van der Waals surface area contributed by atoms with Crippen molar-refractivity contribution in [3.63, 3.8) is 0 Å². The van der Waals surface area contributed by atoms with E-state index < -0.39 is 5.41 Å². The van der Waals surface area contributed by atoms with Crippen LogP contribution in [-0.4, -0.2) is 27.5 Å². The lowest BCUT2D eigenvalue weighted by Gasteiger charge is -2.21. The second kappa shape index (κ2) is 6.73. The van der Waals surface area contributed by atoms with Gasteiger partial charge in [-0.25, -0.2) is 4.68 Å². The number of benzene rings is 1. The minimum absolute atomic E-state index is 0.0297. The molecule has 1 aromatic heterocycles. The van der Waals surface area contributed by atoms with Gasteiger partial charge in [0.25, 0.3) is 0 Å². The van der Waals surface area contributed by atoms with E-state index in [9.17, 15) is 4.79 Å². The summed E-state index contributed by atoms with van der Waals surface area (Å²) in [5, 5.41) is 11.5. The molecule has 1 aromatic carbocycles. The number of nitrogens with one attached hydrogen (secondary N) is 1. The zero-order chi connectivity index (χ0) is 17.2. The number of hydrogen-bond donors (Lipinski definition) is 1. The van der Waals surface area contributed by atoms with Crippen LogP contribution in [0.1, 0.15) is 46.3 Å². The second-order valence-corrected chi connectivity index (χ2v) is 7.15. The Morgan fingerprint density at radius 3 is 2.79 bits per heavy atom. The van der Waals surface area contributed by atoms with Crippen molar-refractivity contribution in [2.45, 2.75) is 46.3 Å². The molecule has 1 amide bonds. The summed E-state index contributed by atoms with van der Waals surface area (Å²) < 4.78 is 7.52. The lowest BCUT2D eigenvalue weighted by molar-refractivity contribution is -0.123. The van der Waals surface area contributed by atoms with E-state index in [-0.39, 0.29) is 12.1 Å². The number of rotatable bonds is 3. The van der Waals surface area contributed by atoms with Crippen LogP contribution in [0.25, 0.3) is 11.3 Å². The van der Waals surface area contributed by atoms with Crippen molar-refractivity contribution in [2.24, 2.45) is 5.41 Å². The zero-order valence-electron chi connectivity index (χ0n) is 14.5. The molecule has 2 heterocycles. The number of hydrogen-bond acceptors (Lipinski definition) is 4. The van der Waals surface area contributed by atoms with Gasteiger partial charge < -0.3 is 10.1 Å². The molecule has 0 radical (unpaired) electrons. The largest absolute Gasteiger partial charge is 0.356 e. The third-order valence-corrected chi connectivity index (χ3v) is 4.09. The maximum Gasteiger partial charge on any atom is 0.229 e. The van der Waals surface area contributed by atoms with Crippen LogP contribution >= 0.6 is 0 Å². The normalized spacial score (nSPS) is 18.4. The Labute approximate surface area is 142 Å². The molecule has 128 valence electrons. The van der Waals surface area contributed by atoms with E-state index in [0.717, 1.165) is 42.8 Å². The summed E-state index contributed by atoms with van der Waals surface area (Å²) in [7, 11) is 0. The lowest BCUT2D eigenvalue weighted by Crippen LogP contribution is -2.27. The van der Waals surface area contributed by atoms with Gasteiger partial charge in [0.15, 0.2) is 6.23 Å². The zero-order valence-corrected chi connectivity index (χ0v) is 14.5. The van der Waals surface area contributed by atoms with Crippen molar-refractivity contribution >= 4 is 11.6 Å². The highest BCUT2D eigenvalue weighted by Crippen LogP contribution is 2.29. The molecule has 1 atom stereocenters. The van der Waals surface area contributed by atoms with Crippen LogP contribution in [0.15, 0.2) is 30.5 Å². The van der Waals surface area contributed by atoms with Gasteiger partial charge in [-0.05, 0) is 25.3 Å². The lowest BCUT2D eigenvalue weighted by atomic mass is 9.95. The number of ether oxygens (including phenoxy) is 1. The van der Waals surface area contributed by atoms with Crippen LogP contribution in [0.4, 0.5) is 5.69 Å². The number of anilines is 1. The van der Waals surface area contributed by atoms with Gasteiger partial charge in [0.05, 0.1) is 11.9 Å². The Hall–Kier alpha value is -2.21. The summed E-state index contributed by atoms with van der Waals surface area (Å²) in [6, 6.07) is 7.65. The highest BCUT2D eigenvalue weighted by Gasteiger charge is 2.23. The van der Waals surface area contributed by atoms with Crippen LogP contribution < -0.4 is 5.32 Å².